The van der Waals surface area contributed by atoms with Crippen LogP contribution < -0.4 is 14.8 Å². The summed E-state index contributed by atoms with van der Waals surface area (Å²) in [4.78, 5) is 29.0. The molecular formula is C34H33ClFN3O6S. The van der Waals surface area contributed by atoms with Gasteiger partial charge in [-0.3, -0.25) is 14.3 Å². The minimum absolute atomic E-state index is 0.0491. The highest BCUT2D eigenvalue weighted by Crippen LogP contribution is 2.26. The molecule has 2 atom stereocenters. The highest BCUT2D eigenvalue weighted by Gasteiger charge is 2.32. The van der Waals surface area contributed by atoms with Crippen LogP contribution in [-0.4, -0.2) is 51.0 Å². The third kappa shape index (κ3) is 8.84. The first kappa shape index (κ1) is 32.9. The number of carbonyl (C=O) groups excluding carboxylic acids is 2. The molecule has 46 heavy (non-hydrogen) atoms. The van der Waals surface area contributed by atoms with E-state index >= 15 is 0 Å². The third-order valence-corrected chi connectivity index (χ3v) is 9.03. The van der Waals surface area contributed by atoms with Gasteiger partial charge < -0.3 is 19.7 Å². The molecule has 0 radical (unpaired) electrons. The number of hydrogen-bond acceptors (Lipinski definition) is 6. The molecule has 5 rings (SSSR count). The fourth-order valence-corrected chi connectivity index (χ4v) is 6.19. The number of benzene rings is 4. The zero-order valence-electron chi connectivity index (χ0n) is 24.8. The largest absolute Gasteiger partial charge is 0.484 e. The predicted molar refractivity (Wildman–Crippen MR) is 172 cm³/mol. The molecule has 1 fully saturated rings. The van der Waals surface area contributed by atoms with Crippen LogP contribution in [0.25, 0.3) is 0 Å². The second-order valence-corrected chi connectivity index (χ2v) is 12.8. The zero-order chi connectivity index (χ0) is 32.5. The molecule has 0 spiro atoms. The van der Waals surface area contributed by atoms with E-state index in [1.54, 1.807) is 48.5 Å². The lowest BCUT2D eigenvalue weighted by molar-refractivity contribution is -0.143. The summed E-state index contributed by atoms with van der Waals surface area (Å²) in [5, 5.41) is 3.51. The van der Waals surface area contributed by atoms with Crippen molar-refractivity contribution in [3.8, 4) is 5.75 Å². The van der Waals surface area contributed by atoms with Gasteiger partial charge in [0.05, 0.1) is 11.0 Å². The smallest absolute Gasteiger partial charge is 0.261 e. The van der Waals surface area contributed by atoms with Crippen LogP contribution in [0.15, 0.2) is 108 Å². The molecule has 1 aliphatic heterocycles. The van der Waals surface area contributed by atoms with Crippen LogP contribution in [0, 0.1) is 5.82 Å². The van der Waals surface area contributed by atoms with Gasteiger partial charge in [-0.2, -0.15) is 0 Å². The van der Waals surface area contributed by atoms with Crippen LogP contribution in [0.4, 0.5) is 10.1 Å². The van der Waals surface area contributed by atoms with E-state index in [1.807, 2.05) is 6.07 Å². The molecule has 12 heteroatoms. The molecule has 4 aromatic carbocycles. The minimum atomic E-state index is -3.95. The molecular weight excluding hydrogens is 633 g/mol. The average molecular weight is 666 g/mol. The topological polar surface area (TPSA) is 114 Å². The minimum Gasteiger partial charge on any atom is -0.484 e. The number of carbonyl (C=O) groups is 2. The van der Waals surface area contributed by atoms with Crippen molar-refractivity contribution < 1.29 is 31.9 Å². The first-order valence-electron chi connectivity index (χ1n) is 14.7. The highest BCUT2D eigenvalue weighted by atomic mass is 35.5. The lowest BCUT2D eigenvalue weighted by Gasteiger charge is -2.32. The van der Waals surface area contributed by atoms with Crippen molar-refractivity contribution in [3.63, 3.8) is 0 Å². The number of rotatable bonds is 13. The maximum Gasteiger partial charge on any atom is 0.261 e. The molecule has 0 bridgehead atoms. The number of ether oxygens (including phenoxy) is 2. The van der Waals surface area contributed by atoms with Gasteiger partial charge in [-0.05, 0) is 84.6 Å². The first-order valence-corrected chi connectivity index (χ1v) is 16.5. The van der Waals surface area contributed by atoms with Crippen LogP contribution >= 0.6 is 11.6 Å². The molecule has 0 saturated carbocycles. The van der Waals surface area contributed by atoms with Crippen molar-refractivity contribution in [2.24, 2.45) is 0 Å². The van der Waals surface area contributed by atoms with Crippen LogP contribution in [0.5, 0.6) is 5.75 Å². The van der Waals surface area contributed by atoms with E-state index in [1.165, 1.54) is 41.3 Å². The van der Waals surface area contributed by atoms with Crippen LogP contribution in [-0.2, 0) is 30.9 Å². The van der Waals surface area contributed by atoms with Crippen molar-refractivity contribution in [1.29, 1.82) is 0 Å². The van der Waals surface area contributed by atoms with E-state index in [0.717, 1.165) is 30.5 Å². The van der Waals surface area contributed by atoms with E-state index in [4.69, 9.17) is 21.1 Å². The zero-order valence-corrected chi connectivity index (χ0v) is 26.3. The first-order chi connectivity index (χ1) is 22.2. The Morgan fingerprint density at radius 2 is 1.65 bits per heavy atom. The van der Waals surface area contributed by atoms with Crippen molar-refractivity contribution >= 4 is 39.1 Å². The van der Waals surface area contributed by atoms with Crippen LogP contribution in [0.2, 0.25) is 5.02 Å². The summed E-state index contributed by atoms with van der Waals surface area (Å²) in [5.41, 5.74) is 1.59. The molecule has 2 N–H and O–H groups in total. The van der Waals surface area contributed by atoms with Crippen molar-refractivity contribution in [1.82, 2.24) is 10.2 Å². The molecule has 1 aliphatic rings. The fourth-order valence-electron chi connectivity index (χ4n) is 5.01. The third-order valence-electron chi connectivity index (χ3n) is 7.38. The van der Waals surface area contributed by atoms with Gasteiger partial charge in [-0.25, -0.2) is 12.8 Å². The second kappa shape index (κ2) is 15.2. The van der Waals surface area contributed by atoms with Gasteiger partial charge in [-0.1, -0.05) is 54.1 Å². The summed E-state index contributed by atoms with van der Waals surface area (Å²) in [5.74, 6) is -1.06. The van der Waals surface area contributed by atoms with Gasteiger partial charge in [0.15, 0.2) is 6.61 Å². The molecule has 2 amide bonds. The average Bonchev–Trinajstić information content (AvgIpc) is 3.59. The van der Waals surface area contributed by atoms with Crippen LogP contribution in [0.1, 0.15) is 30.0 Å². The quantitative estimate of drug-likeness (QED) is 0.189. The Morgan fingerprint density at radius 1 is 0.957 bits per heavy atom. The monoisotopic (exact) mass is 665 g/mol. The molecule has 0 aliphatic carbocycles. The number of sulfonamides is 1. The summed E-state index contributed by atoms with van der Waals surface area (Å²) in [6.45, 7) is 0.653. The normalized spacial score (nSPS) is 15.1. The Bertz CT molecular complexity index is 1720. The molecule has 4 aromatic rings. The maximum absolute atomic E-state index is 13.9. The molecule has 240 valence electrons. The summed E-state index contributed by atoms with van der Waals surface area (Å²) in [7, 11) is -3.95. The molecule has 9 nitrogen and oxygen atoms in total. The Morgan fingerprint density at radius 3 is 2.30 bits per heavy atom. The molecule has 0 aromatic heterocycles. The molecule has 1 heterocycles. The SMILES string of the molecule is O=C(NC[C@H]1CCCO1)[C@@H](c1ccccc1)N(Cc1ccc(Cl)cc1)C(=O)COc1ccc(S(=O)(=O)Nc2ccc(F)cc2)cc1. The highest BCUT2D eigenvalue weighted by molar-refractivity contribution is 7.92. The Balaban J connectivity index is 1.33. The van der Waals surface area contributed by atoms with Crippen molar-refractivity contribution in [2.45, 2.75) is 36.4 Å². The van der Waals surface area contributed by atoms with Crippen molar-refractivity contribution in [2.75, 3.05) is 24.5 Å². The lowest BCUT2D eigenvalue weighted by Crippen LogP contribution is -2.46. The summed E-state index contributed by atoms with van der Waals surface area (Å²) in [6.07, 6.45) is 1.69. The molecule has 0 unspecified atom stereocenters. The second-order valence-electron chi connectivity index (χ2n) is 10.7. The van der Waals surface area contributed by atoms with Gasteiger partial charge in [0.2, 0.25) is 5.91 Å². The van der Waals surface area contributed by atoms with E-state index in [-0.39, 0.29) is 34.9 Å². The summed E-state index contributed by atoms with van der Waals surface area (Å²) >= 11 is 6.09. The molecule has 1 saturated heterocycles. The van der Waals surface area contributed by atoms with Gasteiger partial charge in [-0.15, -0.1) is 0 Å². The number of amides is 2. The summed E-state index contributed by atoms with van der Waals surface area (Å²) in [6, 6.07) is 25.5. The van der Waals surface area contributed by atoms with Gasteiger partial charge in [0, 0.05) is 30.4 Å². The van der Waals surface area contributed by atoms with Gasteiger partial charge in [0.25, 0.3) is 15.9 Å². The Kier molecular flexibility index (Phi) is 10.9. The number of nitrogens with one attached hydrogen (secondary N) is 2. The Hall–Kier alpha value is -4.45. The van der Waals surface area contributed by atoms with Gasteiger partial charge in [0.1, 0.15) is 17.6 Å². The number of hydrogen-bond donors (Lipinski definition) is 2. The lowest BCUT2D eigenvalue weighted by atomic mass is 10.0. The van der Waals surface area contributed by atoms with E-state index in [0.29, 0.717) is 23.7 Å². The maximum atomic E-state index is 13.9. The van der Waals surface area contributed by atoms with Gasteiger partial charge >= 0.3 is 0 Å². The number of anilines is 1. The summed E-state index contributed by atoms with van der Waals surface area (Å²) < 4.78 is 52.7. The van der Waals surface area contributed by atoms with Crippen LogP contribution in [0.3, 0.4) is 0 Å². The van der Waals surface area contributed by atoms with Crippen molar-refractivity contribution in [3.05, 3.63) is 125 Å². The number of halogens is 2. The predicted octanol–water partition coefficient (Wildman–Crippen LogP) is 5.72. The standard InChI is InChI=1S/C34H33ClFN3O6S/c35-26-10-8-24(9-11-26)22-39(33(25-5-2-1-3-6-25)34(41)37-21-30-7-4-20-44-30)32(40)23-45-29-16-18-31(19-17-29)46(42,43)38-28-14-12-27(36)13-15-28/h1-3,5-6,8-19,30,33,38H,4,7,20-23H2,(H,37,41)/t30-,33-/m1/s1. The number of nitrogens with zero attached hydrogens (tertiary/aromatic N) is 1. The van der Waals surface area contributed by atoms with E-state index in [2.05, 4.69) is 10.0 Å². The fraction of sp³-hybridized carbons (Fsp3) is 0.235. The van der Waals surface area contributed by atoms with E-state index in [9.17, 15) is 22.4 Å². The Labute approximate surface area is 272 Å². The van der Waals surface area contributed by atoms with E-state index < -0.39 is 34.4 Å².